The molecule has 5 heteroatoms. The van der Waals surface area contributed by atoms with Crippen molar-refractivity contribution in [2.75, 3.05) is 13.1 Å². The third-order valence-corrected chi connectivity index (χ3v) is 4.68. The lowest BCUT2D eigenvalue weighted by molar-refractivity contribution is 0.145. The zero-order valence-electron chi connectivity index (χ0n) is 13.6. The first-order chi connectivity index (χ1) is 12.2. The molecule has 1 aromatic heterocycles. The molecule has 3 aromatic rings. The summed E-state index contributed by atoms with van der Waals surface area (Å²) in [4.78, 5) is 17.0. The van der Waals surface area contributed by atoms with Gasteiger partial charge in [0.2, 0.25) is 0 Å². The molecular weight excluding hydrogens is 316 g/mol. The number of aromatic nitrogens is 1. The molecule has 25 heavy (non-hydrogen) atoms. The zero-order valence-corrected chi connectivity index (χ0v) is 13.6. The molecule has 2 aromatic carbocycles. The third kappa shape index (κ3) is 3.01. The number of nitrogens with zero attached hydrogens (tertiary/aromatic N) is 2. The summed E-state index contributed by atoms with van der Waals surface area (Å²) in [6.45, 7) is 0.798. The molecule has 0 bridgehead atoms. The highest BCUT2D eigenvalue weighted by Gasteiger charge is 2.38. The first kappa shape index (κ1) is 15.4. The first-order valence-electron chi connectivity index (χ1n) is 8.24. The van der Waals surface area contributed by atoms with Gasteiger partial charge in [0.15, 0.2) is 0 Å². The number of likely N-dealkylation sites (tertiary alicyclic amines) is 1. The van der Waals surface area contributed by atoms with E-state index < -0.39 is 6.09 Å². The minimum Gasteiger partial charge on any atom is -0.487 e. The van der Waals surface area contributed by atoms with E-state index in [1.54, 1.807) is 12.4 Å². The number of amides is 1. The van der Waals surface area contributed by atoms with E-state index in [-0.39, 0.29) is 12.0 Å². The van der Waals surface area contributed by atoms with Crippen LogP contribution in [0.25, 0.3) is 10.8 Å². The molecule has 1 aliphatic heterocycles. The number of rotatable bonds is 3. The van der Waals surface area contributed by atoms with E-state index in [1.165, 1.54) is 4.90 Å². The smallest absolute Gasteiger partial charge is 0.407 e. The number of carboxylic acid groups (broad SMARTS) is 1. The van der Waals surface area contributed by atoms with Gasteiger partial charge in [-0.3, -0.25) is 4.98 Å². The number of fused-ring (bicyclic) bond motifs is 1. The number of hydrogen-bond acceptors (Lipinski definition) is 3. The topological polar surface area (TPSA) is 62.7 Å². The van der Waals surface area contributed by atoms with Gasteiger partial charge in [0, 0.05) is 35.6 Å². The molecule has 1 fully saturated rings. The minimum atomic E-state index is -0.908. The second-order valence-electron chi connectivity index (χ2n) is 6.21. The summed E-state index contributed by atoms with van der Waals surface area (Å²) >= 11 is 0. The Morgan fingerprint density at radius 1 is 1.08 bits per heavy atom. The van der Waals surface area contributed by atoms with Crippen molar-refractivity contribution in [3.8, 4) is 5.75 Å². The molecule has 4 rings (SSSR count). The van der Waals surface area contributed by atoms with Crippen LogP contribution >= 0.6 is 0 Å². The number of hydrogen-bond donors (Lipinski definition) is 1. The SMILES string of the molecule is O=C(O)N1C[C@H](Oc2cccc3cnccc23)[C@H](c2ccccc2)C1. The fourth-order valence-corrected chi connectivity index (χ4v) is 3.43. The van der Waals surface area contributed by atoms with Gasteiger partial charge in [0.1, 0.15) is 11.9 Å². The van der Waals surface area contributed by atoms with Crippen LogP contribution in [0.5, 0.6) is 5.75 Å². The Morgan fingerprint density at radius 3 is 2.72 bits per heavy atom. The Morgan fingerprint density at radius 2 is 1.92 bits per heavy atom. The van der Waals surface area contributed by atoms with E-state index in [0.29, 0.717) is 13.1 Å². The summed E-state index contributed by atoms with van der Waals surface area (Å²) in [6, 6.07) is 17.7. The van der Waals surface area contributed by atoms with E-state index in [2.05, 4.69) is 4.98 Å². The van der Waals surface area contributed by atoms with Crippen molar-refractivity contribution in [2.45, 2.75) is 12.0 Å². The van der Waals surface area contributed by atoms with Crippen LogP contribution in [0, 0.1) is 0 Å². The molecule has 2 atom stereocenters. The molecular formula is C20H18N2O3. The van der Waals surface area contributed by atoms with Crippen molar-refractivity contribution in [3.05, 3.63) is 72.6 Å². The van der Waals surface area contributed by atoms with Crippen molar-refractivity contribution in [1.82, 2.24) is 9.88 Å². The molecule has 0 unspecified atom stereocenters. The molecule has 1 amide bonds. The molecule has 1 saturated heterocycles. The van der Waals surface area contributed by atoms with Crippen molar-refractivity contribution >= 4 is 16.9 Å². The number of benzene rings is 2. The van der Waals surface area contributed by atoms with Gasteiger partial charge in [-0.2, -0.15) is 0 Å². The van der Waals surface area contributed by atoms with Crippen molar-refractivity contribution in [2.24, 2.45) is 0 Å². The monoisotopic (exact) mass is 334 g/mol. The van der Waals surface area contributed by atoms with E-state index >= 15 is 0 Å². The zero-order chi connectivity index (χ0) is 17.2. The standard InChI is InChI=1S/C20H18N2O3/c23-20(24)22-12-17(14-5-2-1-3-6-14)19(13-22)25-18-8-4-7-15-11-21-10-9-16(15)18/h1-11,17,19H,12-13H2,(H,23,24)/t17-,19-/m0/s1. The number of ether oxygens (including phenoxy) is 1. The molecule has 0 saturated carbocycles. The molecule has 2 heterocycles. The van der Waals surface area contributed by atoms with E-state index in [1.807, 2.05) is 54.6 Å². The summed E-state index contributed by atoms with van der Waals surface area (Å²) in [5, 5.41) is 11.4. The van der Waals surface area contributed by atoms with Gasteiger partial charge in [-0.1, -0.05) is 42.5 Å². The van der Waals surface area contributed by atoms with Gasteiger partial charge in [0.25, 0.3) is 0 Å². The lowest BCUT2D eigenvalue weighted by Crippen LogP contribution is -2.29. The van der Waals surface area contributed by atoms with Gasteiger partial charge in [0.05, 0.1) is 6.54 Å². The predicted molar refractivity (Wildman–Crippen MR) is 94.9 cm³/mol. The average molecular weight is 334 g/mol. The van der Waals surface area contributed by atoms with Crippen LogP contribution in [0.1, 0.15) is 11.5 Å². The van der Waals surface area contributed by atoms with Crippen LogP contribution in [-0.2, 0) is 0 Å². The lowest BCUT2D eigenvalue weighted by Gasteiger charge is -2.21. The third-order valence-electron chi connectivity index (χ3n) is 4.68. The van der Waals surface area contributed by atoms with E-state index in [0.717, 1.165) is 22.1 Å². The van der Waals surface area contributed by atoms with E-state index in [9.17, 15) is 9.90 Å². The summed E-state index contributed by atoms with van der Waals surface area (Å²) in [5.74, 6) is 0.771. The molecule has 0 spiro atoms. The molecule has 126 valence electrons. The number of carbonyl (C=O) groups is 1. The normalized spacial score (nSPS) is 19.9. The molecule has 5 nitrogen and oxygen atoms in total. The first-order valence-corrected chi connectivity index (χ1v) is 8.24. The Balaban J connectivity index is 1.67. The second-order valence-corrected chi connectivity index (χ2v) is 6.21. The van der Waals surface area contributed by atoms with Gasteiger partial charge in [-0.05, 0) is 17.7 Å². The van der Waals surface area contributed by atoms with Gasteiger partial charge in [-0.15, -0.1) is 0 Å². The highest BCUT2D eigenvalue weighted by Crippen LogP contribution is 2.33. The average Bonchev–Trinajstić information content (AvgIpc) is 3.07. The quantitative estimate of drug-likeness (QED) is 0.792. The Bertz CT molecular complexity index is 892. The van der Waals surface area contributed by atoms with Gasteiger partial charge >= 0.3 is 6.09 Å². The summed E-state index contributed by atoms with van der Waals surface area (Å²) in [6.07, 6.45) is 2.41. The fourth-order valence-electron chi connectivity index (χ4n) is 3.43. The van der Waals surface area contributed by atoms with Gasteiger partial charge in [-0.25, -0.2) is 4.79 Å². The second kappa shape index (κ2) is 6.43. The number of pyridine rings is 1. The maximum atomic E-state index is 11.5. The molecule has 1 aliphatic rings. The summed E-state index contributed by atoms with van der Waals surface area (Å²) < 4.78 is 6.30. The largest absolute Gasteiger partial charge is 0.487 e. The summed E-state index contributed by atoms with van der Waals surface area (Å²) in [5.41, 5.74) is 1.10. The van der Waals surface area contributed by atoms with Crippen molar-refractivity contribution in [3.63, 3.8) is 0 Å². The van der Waals surface area contributed by atoms with Crippen LogP contribution in [0.4, 0.5) is 4.79 Å². The lowest BCUT2D eigenvalue weighted by atomic mass is 9.96. The summed E-state index contributed by atoms with van der Waals surface area (Å²) in [7, 11) is 0. The van der Waals surface area contributed by atoms with Crippen molar-refractivity contribution in [1.29, 1.82) is 0 Å². The molecule has 0 aliphatic carbocycles. The Kier molecular flexibility index (Phi) is 3.98. The maximum Gasteiger partial charge on any atom is 0.407 e. The van der Waals surface area contributed by atoms with Gasteiger partial charge < -0.3 is 14.7 Å². The highest BCUT2D eigenvalue weighted by atomic mass is 16.5. The predicted octanol–water partition coefficient (Wildman–Crippen LogP) is 3.76. The van der Waals surface area contributed by atoms with Crippen LogP contribution in [0.3, 0.4) is 0 Å². The van der Waals surface area contributed by atoms with Crippen LogP contribution in [0.15, 0.2) is 67.0 Å². The Labute approximate surface area is 145 Å². The highest BCUT2D eigenvalue weighted by molar-refractivity contribution is 5.87. The van der Waals surface area contributed by atoms with Crippen molar-refractivity contribution < 1.29 is 14.6 Å². The van der Waals surface area contributed by atoms with Crippen LogP contribution in [0.2, 0.25) is 0 Å². The van der Waals surface area contributed by atoms with Crippen LogP contribution < -0.4 is 4.74 Å². The Hall–Kier alpha value is -3.08. The van der Waals surface area contributed by atoms with E-state index in [4.69, 9.17) is 4.74 Å². The molecule has 1 N–H and O–H groups in total. The fraction of sp³-hybridized carbons (Fsp3) is 0.200. The minimum absolute atomic E-state index is 0.00870. The molecule has 0 radical (unpaired) electrons. The maximum absolute atomic E-state index is 11.5. The van der Waals surface area contributed by atoms with Crippen LogP contribution in [-0.4, -0.2) is 40.3 Å².